The number of carbonyl (C=O) groups is 1. The van der Waals surface area contributed by atoms with Crippen molar-refractivity contribution in [1.29, 1.82) is 0 Å². The molecule has 1 aliphatic heterocycles. The number of fused-ring (bicyclic) bond motifs is 2. The third-order valence-corrected chi connectivity index (χ3v) is 5.04. The number of carboxylic acid groups (broad SMARTS) is 1. The summed E-state index contributed by atoms with van der Waals surface area (Å²) in [5, 5.41) is 9.24. The van der Waals surface area contributed by atoms with Crippen LogP contribution in [0.1, 0.15) is 32.1 Å². The monoisotopic (exact) mass is 239 g/mol. The van der Waals surface area contributed by atoms with Crippen molar-refractivity contribution in [1.82, 2.24) is 4.90 Å². The van der Waals surface area contributed by atoms with E-state index in [1.54, 1.807) is 0 Å². The van der Waals surface area contributed by atoms with Crippen molar-refractivity contribution in [2.75, 3.05) is 26.3 Å². The summed E-state index contributed by atoms with van der Waals surface area (Å²) >= 11 is 0. The highest BCUT2D eigenvalue weighted by Gasteiger charge is 2.54. The number of hydrogen-bond donors (Lipinski definition) is 1. The van der Waals surface area contributed by atoms with Crippen LogP contribution in [-0.4, -0.2) is 47.8 Å². The van der Waals surface area contributed by atoms with Crippen LogP contribution < -0.4 is 0 Å². The standard InChI is InChI=1S/C13H21NO3/c15-12(16)9-13(14-3-5-17-6-4-14)8-10-1-2-11(13)7-10/h10-11H,1-9H2,(H,15,16). The second-order valence-corrected chi connectivity index (χ2v) is 5.85. The van der Waals surface area contributed by atoms with Crippen LogP contribution in [0.4, 0.5) is 0 Å². The molecule has 0 spiro atoms. The van der Waals surface area contributed by atoms with Gasteiger partial charge in [-0.05, 0) is 31.1 Å². The van der Waals surface area contributed by atoms with Gasteiger partial charge in [0.2, 0.25) is 0 Å². The zero-order valence-corrected chi connectivity index (χ0v) is 10.2. The predicted octanol–water partition coefficient (Wildman–Crippen LogP) is 1.35. The average Bonchev–Trinajstić information content (AvgIpc) is 2.90. The van der Waals surface area contributed by atoms with E-state index in [1.165, 1.54) is 19.3 Å². The molecule has 3 unspecified atom stereocenters. The fourth-order valence-corrected chi connectivity index (χ4v) is 4.40. The van der Waals surface area contributed by atoms with Gasteiger partial charge in [-0.1, -0.05) is 6.42 Å². The van der Waals surface area contributed by atoms with Crippen LogP contribution in [0.2, 0.25) is 0 Å². The summed E-state index contributed by atoms with van der Waals surface area (Å²) in [5.41, 5.74) is -0.0431. The number of hydrogen-bond acceptors (Lipinski definition) is 3. The minimum absolute atomic E-state index is 0.0431. The Balaban J connectivity index is 1.83. The molecule has 3 aliphatic rings. The molecule has 0 aromatic rings. The lowest BCUT2D eigenvalue weighted by Crippen LogP contribution is -2.57. The number of ether oxygens (including phenoxy) is 1. The molecule has 3 fully saturated rings. The summed E-state index contributed by atoms with van der Waals surface area (Å²) in [7, 11) is 0. The van der Waals surface area contributed by atoms with Crippen LogP contribution in [0.15, 0.2) is 0 Å². The molecule has 4 nitrogen and oxygen atoms in total. The van der Waals surface area contributed by atoms with E-state index in [9.17, 15) is 9.90 Å². The first-order valence-corrected chi connectivity index (χ1v) is 6.75. The van der Waals surface area contributed by atoms with E-state index < -0.39 is 5.97 Å². The van der Waals surface area contributed by atoms with Gasteiger partial charge in [0.05, 0.1) is 19.6 Å². The minimum Gasteiger partial charge on any atom is -0.481 e. The Kier molecular flexibility index (Phi) is 2.87. The third-order valence-electron chi connectivity index (χ3n) is 5.04. The molecule has 17 heavy (non-hydrogen) atoms. The first-order valence-electron chi connectivity index (χ1n) is 6.75. The Labute approximate surface area is 102 Å². The molecule has 1 saturated heterocycles. The van der Waals surface area contributed by atoms with Gasteiger partial charge in [-0.2, -0.15) is 0 Å². The van der Waals surface area contributed by atoms with Crippen molar-refractivity contribution in [3.05, 3.63) is 0 Å². The second-order valence-electron chi connectivity index (χ2n) is 5.85. The molecule has 0 aromatic carbocycles. The van der Waals surface area contributed by atoms with Gasteiger partial charge in [0.15, 0.2) is 0 Å². The van der Waals surface area contributed by atoms with E-state index in [4.69, 9.17) is 4.74 Å². The summed E-state index contributed by atoms with van der Waals surface area (Å²) in [6, 6.07) is 0. The van der Waals surface area contributed by atoms with Crippen molar-refractivity contribution in [2.45, 2.75) is 37.6 Å². The van der Waals surface area contributed by atoms with Gasteiger partial charge in [0.25, 0.3) is 0 Å². The molecular formula is C13H21NO3. The van der Waals surface area contributed by atoms with E-state index in [1.807, 2.05) is 0 Å². The summed E-state index contributed by atoms with van der Waals surface area (Å²) < 4.78 is 5.40. The molecule has 0 radical (unpaired) electrons. The zero-order valence-electron chi connectivity index (χ0n) is 10.2. The molecule has 96 valence electrons. The van der Waals surface area contributed by atoms with Crippen molar-refractivity contribution in [3.63, 3.8) is 0 Å². The molecule has 1 heterocycles. The number of aliphatic carboxylic acids is 1. The molecule has 3 rings (SSSR count). The van der Waals surface area contributed by atoms with Crippen LogP contribution in [-0.2, 0) is 9.53 Å². The van der Waals surface area contributed by atoms with E-state index in [-0.39, 0.29) is 5.54 Å². The maximum absolute atomic E-state index is 11.2. The minimum atomic E-state index is -0.635. The predicted molar refractivity (Wildman–Crippen MR) is 62.8 cm³/mol. The van der Waals surface area contributed by atoms with Gasteiger partial charge in [0.1, 0.15) is 0 Å². The Morgan fingerprint density at radius 2 is 2.12 bits per heavy atom. The van der Waals surface area contributed by atoms with Crippen LogP contribution in [0.25, 0.3) is 0 Å². The molecular weight excluding hydrogens is 218 g/mol. The molecule has 3 atom stereocenters. The second kappa shape index (κ2) is 4.25. The van der Waals surface area contributed by atoms with Gasteiger partial charge < -0.3 is 9.84 Å². The Hall–Kier alpha value is -0.610. The number of nitrogens with zero attached hydrogens (tertiary/aromatic N) is 1. The maximum Gasteiger partial charge on any atom is 0.305 e. The average molecular weight is 239 g/mol. The third kappa shape index (κ3) is 1.87. The summed E-state index contributed by atoms with van der Waals surface area (Å²) in [4.78, 5) is 13.6. The highest BCUT2D eigenvalue weighted by molar-refractivity contribution is 5.68. The first kappa shape index (κ1) is 11.5. The van der Waals surface area contributed by atoms with Crippen molar-refractivity contribution in [2.24, 2.45) is 11.8 Å². The van der Waals surface area contributed by atoms with Gasteiger partial charge in [0, 0.05) is 18.6 Å². The van der Waals surface area contributed by atoms with Crippen molar-refractivity contribution < 1.29 is 14.6 Å². The van der Waals surface area contributed by atoms with Gasteiger partial charge >= 0.3 is 5.97 Å². The summed E-state index contributed by atoms with van der Waals surface area (Å²) in [6.07, 6.45) is 5.23. The van der Waals surface area contributed by atoms with Crippen LogP contribution in [0.5, 0.6) is 0 Å². The van der Waals surface area contributed by atoms with Crippen molar-refractivity contribution in [3.8, 4) is 0 Å². The zero-order chi connectivity index (χ0) is 11.9. The Morgan fingerprint density at radius 3 is 2.65 bits per heavy atom. The van der Waals surface area contributed by atoms with E-state index >= 15 is 0 Å². The van der Waals surface area contributed by atoms with Gasteiger partial charge in [-0.25, -0.2) is 0 Å². The number of morpholine rings is 1. The normalized spacial score (nSPS) is 41.9. The quantitative estimate of drug-likeness (QED) is 0.807. The molecule has 2 aliphatic carbocycles. The van der Waals surface area contributed by atoms with E-state index in [2.05, 4.69) is 4.90 Å². The van der Waals surface area contributed by atoms with Crippen LogP contribution in [0.3, 0.4) is 0 Å². The van der Waals surface area contributed by atoms with Gasteiger partial charge in [-0.3, -0.25) is 9.69 Å². The van der Waals surface area contributed by atoms with E-state index in [0.29, 0.717) is 12.3 Å². The molecule has 2 bridgehead atoms. The van der Waals surface area contributed by atoms with Gasteiger partial charge in [-0.15, -0.1) is 0 Å². The lowest BCUT2D eigenvalue weighted by molar-refractivity contribution is -0.143. The topological polar surface area (TPSA) is 49.8 Å². The lowest BCUT2D eigenvalue weighted by Gasteiger charge is -2.47. The van der Waals surface area contributed by atoms with E-state index in [0.717, 1.165) is 38.6 Å². The smallest absolute Gasteiger partial charge is 0.305 e. The fourth-order valence-electron chi connectivity index (χ4n) is 4.40. The fraction of sp³-hybridized carbons (Fsp3) is 0.923. The molecule has 1 N–H and O–H groups in total. The maximum atomic E-state index is 11.2. The number of carboxylic acids is 1. The summed E-state index contributed by atoms with van der Waals surface area (Å²) in [6.45, 7) is 3.35. The Bertz CT molecular complexity index is 314. The Morgan fingerprint density at radius 1 is 1.35 bits per heavy atom. The molecule has 0 aromatic heterocycles. The molecule has 2 saturated carbocycles. The molecule has 0 amide bonds. The largest absolute Gasteiger partial charge is 0.481 e. The SMILES string of the molecule is O=C(O)CC1(N2CCOCC2)CC2CCC1C2. The number of rotatable bonds is 3. The van der Waals surface area contributed by atoms with Crippen LogP contribution >= 0.6 is 0 Å². The lowest BCUT2D eigenvalue weighted by atomic mass is 9.76. The molecule has 4 heteroatoms. The first-order chi connectivity index (χ1) is 8.21. The summed E-state index contributed by atoms with van der Waals surface area (Å²) in [5.74, 6) is 0.757. The highest BCUT2D eigenvalue weighted by atomic mass is 16.5. The van der Waals surface area contributed by atoms with Crippen LogP contribution in [0, 0.1) is 11.8 Å². The van der Waals surface area contributed by atoms with Crippen molar-refractivity contribution >= 4 is 5.97 Å². The highest BCUT2D eigenvalue weighted by Crippen LogP contribution is 2.55.